The maximum atomic E-state index is 5.84. The third-order valence-corrected chi connectivity index (χ3v) is 6.54. The number of nitrogens with two attached hydrogens (primary N) is 1. The molecule has 0 aliphatic heterocycles. The monoisotopic (exact) mass is 275 g/mol. The average molecular weight is 275 g/mol. The van der Waals surface area contributed by atoms with Gasteiger partial charge in [0.15, 0.2) is 0 Å². The van der Waals surface area contributed by atoms with Gasteiger partial charge in [0.2, 0.25) is 11.8 Å². The predicted molar refractivity (Wildman–Crippen MR) is 75.8 cm³/mol. The zero-order chi connectivity index (χ0) is 14.0. The molecule has 110 valence electrons. The molecular formula is C16H25N3O. The fraction of sp³-hybridized carbons (Fsp3) is 0.875. The molecular weight excluding hydrogens is 250 g/mol. The zero-order valence-corrected chi connectivity index (χ0v) is 12.6. The van der Waals surface area contributed by atoms with E-state index in [0.29, 0.717) is 17.9 Å². The minimum Gasteiger partial charge on any atom is -0.423 e. The van der Waals surface area contributed by atoms with Crippen LogP contribution in [0.2, 0.25) is 0 Å². The van der Waals surface area contributed by atoms with Gasteiger partial charge in [0, 0.05) is 5.41 Å². The van der Waals surface area contributed by atoms with Crippen LogP contribution in [0.1, 0.15) is 64.2 Å². The van der Waals surface area contributed by atoms with Gasteiger partial charge in [-0.15, -0.1) is 10.2 Å². The Morgan fingerprint density at radius 2 is 1.65 bits per heavy atom. The summed E-state index contributed by atoms with van der Waals surface area (Å²) in [5, 5.41) is 8.41. The molecule has 5 rings (SSSR count). The Labute approximate surface area is 120 Å². The molecule has 4 bridgehead atoms. The Balaban J connectivity index is 1.71. The standard InChI is InChI=1S/C16H25N3O/c1-15(2,14-19-18-13(9-17)20-14)16-6-10-3-11(7-16)5-12(4-10)8-16/h10-12H,3-9,17H2,1-2H3. The first-order chi connectivity index (χ1) is 9.52. The van der Waals surface area contributed by atoms with Crippen LogP contribution in [0.3, 0.4) is 0 Å². The largest absolute Gasteiger partial charge is 0.423 e. The lowest BCUT2D eigenvalue weighted by Crippen LogP contribution is -2.54. The molecule has 0 atom stereocenters. The van der Waals surface area contributed by atoms with Crippen LogP contribution in [-0.4, -0.2) is 10.2 Å². The Morgan fingerprint density at radius 1 is 1.10 bits per heavy atom. The van der Waals surface area contributed by atoms with Crippen molar-refractivity contribution in [3.05, 3.63) is 11.8 Å². The topological polar surface area (TPSA) is 64.9 Å². The highest BCUT2D eigenvalue weighted by Crippen LogP contribution is 2.66. The van der Waals surface area contributed by atoms with Gasteiger partial charge in [-0.25, -0.2) is 0 Å². The molecule has 4 aliphatic rings. The number of aromatic nitrogens is 2. The van der Waals surface area contributed by atoms with Gasteiger partial charge in [0.25, 0.3) is 0 Å². The molecule has 2 N–H and O–H groups in total. The van der Waals surface area contributed by atoms with Gasteiger partial charge in [-0.1, -0.05) is 13.8 Å². The lowest BCUT2D eigenvalue weighted by atomic mass is 9.43. The highest BCUT2D eigenvalue weighted by atomic mass is 16.4. The highest BCUT2D eigenvalue weighted by Gasteiger charge is 2.59. The van der Waals surface area contributed by atoms with E-state index in [1.165, 1.54) is 38.5 Å². The average Bonchev–Trinajstić information content (AvgIpc) is 2.86. The quantitative estimate of drug-likeness (QED) is 0.921. The molecule has 4 saturated carbocycles. The van der Waals surface area contributed by atoms with Gasteiger partial charge >= 0.3 is 0 Å². The van der Waals surface area contributed by atoms with Crippen LogP contribution < -0.4 is 5.73 Å². The van der Waals surface area contributed by atoms with Crippen LogP contribution in [-0.2, 0) is 12.0 Å². The lowest BCUT2D eigenvalue weighted by Gasteiger charge is -2.61. The first kappa shape index (κ1) is 12.8. The molecule has 1 aromatic heterocycles. The zero-order valence-electron chi connectivity index (χ0n) is 12.6. The van der Waals surface area contributed by atoms with Gasteiger partial charge < -0.3 is 10.2 Å². The highest BCUT2D eigenvalue weighted by molar-refractivity contribution is 5.16. The summed E-state index contributed by atoms with van der Waals surface area (Å²) in [6, 6.07) is 0. The van der Waals surface area contributed by atoms with Crippen LogP contribution in [0.5, 0.6) is 0 Å². The second kappa shape index (κ2) is 4.06. The molecule has 4 heteroatoms. The van der Waals surface area contributed by atoms with E-state index in [4.69, 9.17) is 10.2 Å². The van der Waals surface area contributed by atoms with Crippen LogP contribution in [0.4, 0.5) is 0 Å². The third kappa shape index (κ3) is 1.63. The van der Waals surface area contributed by atoms with Crippen LogP contribution >= 0.6 is 0 Å². The summed E-state index contributed by atoms with van der Waals surface area (Å²) in [6.07, 6.45) is 8.46. The van der Waals surface area contributed by atoms with E-state index in [1.807, 2.05) is 0 Å². The molecule has 0 unspecified atom stereocenters. The number of hydrogen-bond donors (Lipinski definition) is 1. The summed E-state index contributed by atoms with van der Waals surface area (Å²) in [6.45, 7) is 4.96. The molecule has 4 aliphatic carbocycles. The van der Waals surface area contributed by atoms with Crippen molar-refractivity contribution in [1.29, 1.82) is 0 Å². The maximum Gasteiger partial charge on any atom is 0.230 e. The number of nitrogens with zero attached hydrogens (tertiary/aromatic N) is 2. The van der Waals surface area contributed by atoms with Crippen LogP contribution in [0.15, 0.2) is 4.42 Å². The second-order valence-electron chi connectivity index (χ2n) is 8.03. The Bertz CT molecular complexity index is 484. The Morgan fingerprint density at radius 3 is 2.10 bits per heavy atom. The van der Waals surface area contributed by atoms with Gasteiger partial charge in [0.1, 0.15) is 0 Å². The summed E-state index contributed by atoms with van der Waals surface area (Å²) in [5.74, 6) is 4.20. The molecule has 0 radical (unpaired) electrons. The summed E-state index contributed by atoms with van der Waals surface area (Å²) in [5.41, 5.74) is 5.97. The van der Waals surface area contributed by atoms with Crippen molar-refractivity contribution >= 4 is 0 Å². The SMILES string of the molecule is CC(C)(c1nnc(CN)o1)C12CC3CC(CC(C3)C1)C2. The minimum atomic E-state index is -0.0244. The van der Waals surface area contributed by atoms with E-state index < -0.39 is 0 Å². The first-order valence-electron chi connectivity index (χ1n) is 8.05. The first-order valence-corrected chi connectivity index (χ1v) is 8.05. The van der Waals surface area contributed by atoms with E-state index in [9.17, 15) is 0 Å². The molecule has 1 aromatic rings. The molecule has 0 saturated heterocycles. The Hall–Kier alpha value is -0.900. The van der Waals surface area contributed by atoms with Gasteiger partial charge in [-0.05, 0) is 61.7 Å². The fourth-order valence-electron chi connectivity index (χ4n) is 5.69. The lowest BCUT2D eigenvalue weighted by molar-refractivity contribution is -0.0979. The van der Waals surface area contributed by atoms with E-state index in [-0.39, 0.29) is 5.41 Å². The van der Waals surface area contributed by atoms with Crippen molar-refractivity contribution in [2.24, 2.45) is 28.9 Å². The normalized spacial score (nSPS) is 39.5. The third-order valence-electron chi connectivity index (χ3n) is 6.54. The molecule has 1 heterocycles. The van der Waals surface area contributed by atoms with Crippen molar-refractivity contribution in [3.8, 4) is 0 Å². The predicted octanol–water partition coefficient (Wildman–Crippen LogP) is 3.02. The summed E-state index contributed by atoms with van der Waals surface area (Å²) in [7, 11) is 0. The van der Waals surface area contributed by atoms with Gasteiger partial charge in [-0.2, -0.15) is 0 Å². The summed E-state index contributed by atoms with van der Waals surface area (Å²) >= 11 is 0. The number of rotatable bonds is 3. The fourth-order valence-corrected chi connectivity index (χ4v) is 5.69. The van der Waals surface area contributed by atoms with Crippen molar-refractivity contribution in [3.63, 3.8) is 0 Å². The van der Waals surface area contributed by atoms with Gasteiger partial charge in [0.05, 0.1) is 6.54 Å². The second-order valence-corrected chi connectivity index (χ2v) is 8.03. The van der Waals surface area contributed by atoms with E-state index in [0.717, 1.165) is 23.6 Å². The minimum absolute atomic E-state index is 0.0244. The van der Waals surface area contributed by atoms with Crippen molar-refractivity contribution in [2.75, 3.05) is 0 Å². The molecule has 0 spiro atoms. The molecule has 4 fully saturated rings. The molecule has 0 aromatic carbocycles. The summed E-state index contributed by atoms with van der Waals surface area (Å²) in [4.78, 5) is 0. The maximum absolute atomic E-state index is 5.84. The van der Waals surface area contributed by atoms with Gasteiger partial charge in [-0.3, -0.25) is 0 Å². The van der Waals surface area contributed by atoms with Crippen molar-refractivity contribution in [2.45, 2.75) is 64.3 Å². The van der Waals surface area contributed by atoms with E-state index >= 15 is 0 Å². The molecule has 0 amide bonds. The van der Waals surface area contributed by atoms with Crippen molar-refractivity contribution < 1.29 is 4.42 Å². The van der Waals surface area contributed by atoms with Crippen molar-refractivity contribution in [1.82, 2.24) is 10.2 Å². The van der Waals surface area contributed by atoms with Crippen LogP contribution in [0.25, 0.3) is 0 Å². The molecule has 4 nitrogen and oxygen atoms in total. The number of hydrogen-bond acceptors (Lipinski definition) is 4. The van der Waals surface area contributed by atoms with Crippen LogP contribution in [0, 0.1) is 23.2 Å². The summed E-state index contributed by atoms with van der Waals surface area (Å²) < 4.78 is 5.84. The van der Waals surface area contributed by atoms with E-state index in [2.05, 4.69) is 24.0 Å². The Kier molecular flexibility index (Phi) is 2.60. The molecule has 20 heavy (non-hydrogen) atoms. The smallest absolute Gasteiger partial charge is 0.230 e. The van der Waals surface area contributed by atoms with E-state index in [1.54, 1.807) is 0 Å².